The molecule has 0 atom stereocenters. The predicted octanol–water partition coefficient (Wildman–Crippen LogP) is 1.80. The number of carbonyl (C=O) groups excluding carboxylic acids is 2. The molecule has 0 heterocycles. The minimum atomic E-state index is -1.43. The first-order valence-corrected chi connectivity index (χ1v) is 4.89. The van der Waals surface area contributed by atoms with Gasteiger partial charge in [-0.15, -0.1) is 0 Å². The van der Waals surface area contributed by atoms with Crippen LogP contribution >= 0.6 is 11.8 Å². The topological polar surface area (TPSA) is 46.2 Å². The molecular weight excluding hydrogens is 214 g/mol. The first-order chi connectivity index (χ1) is 7.05. The van der Waals surface area contributed by atoms with Crippen LogP contribution in [-0.4, -0.2) is 11.6 Å². The molecule has 0 amide bonds. The Bertz CT molecular complexity index is 361. The molecule has 0 bridgehead atoms. The quantitative estimate of drug-likeness (QED) is 0.628. The monoisotopic (exact) mass is 225 g/mol. The van der Waals surface area contributed by atoms with Crippen molar-refractivity contribution in [2.24, 2.45) is 0 Å². The molecule has 0 saturated carbocycles. The van der Waals surface area contributed by atoms with Gasteiger partial charge in [-0.3, -0.25) is 9.59 Å². The van der Waals surface area contributed by atoms with Crippen molar-refractivity contribution in [3.63, 3.8) is 0 Å². The highest BCUT2D eigenvalue weighted by Crippen LogP contribution is 2.24. The molecule has 80 valence electrons. The molecule has 1 aromatic rings. The summed E-state index contributed by atoms with van der Waals surface area (Å²) in [4.78, 5) is 25.4. The lowest BCUT2D eigenvalue weighted by Crippen LogP contribution is -2.49. The number of hydrogen-bond acceptors (Lipinski definition) is 3. The molecule has 1 rings (SSSR count). The van der Waals surface area contributed by atoms with E-state index in [4.69, 9.17) is 11.8 Å². The third-order valence-electron chi connectivity index (χ3n) is 2.40. The van der Waals surface area contributed by atoms with Crippen LogP contribution in [-0.2, 0) is 15.1 Å². The van der Waals surface area contributed by atoms with Crippen molar-refractivity contribution >= 4 is 23.3 Å². The highest BCUT2D eigenvalue weighted by molar-refractivity contribution is 6.21. The zero-order valence-electron chi connectivity index (χ0n) is 8.58. The molecule has 1 aromatic carbocycles. The van der Waals surface area contributed by atoms with Gasteiger partial charge in [0.1, 0.15) is 0 Å². The lowest BCUT2D eigenvalue weighted by molar-refractivity contribution is -0.133. The zero-order chi connectivity index (χ0) is 11.5. The van der Waals surface area contributed by atoms with E-state index in [1.54, 1.807) is 24.3 Å². The molecule has 4 heteroatoms. The van der Waals surface area contributed by atoms with Crippen molar-refractivity contribution in [1.82, 2.24) is 4.84 Å². The Labute approximate surface area is 93.5 Å². The number of nitrogens with one attached hydrogen (secondary N) is 1. The number of hydrogen-bond donors (Lipinski definition) is 1. The fourth-order valence-corrected chi connectivity index (χ4v) is 1.91. The van der Waals surface area contributed by atoms with Gasteiger partial charge in [0.15, 0.2) is 17.1 Å². The molecule has 0 saturated heterocycles. The number of Topliss-reactive ketones (excluding diaryl/α,β-unsaturated/α-hetero) is 2. The summed E-state index contributed by atoms with van der Waals surface area (Å²) < 4.78 is 0. The Morgan fingerprint density at radius 1 is 1.13 bits per heavy atom. The summed E-state index contributed by atoms with van der Waals surface area (Å²) in [5.41, 5.74) is -0.872. The van der Waals surface area contributed by atoms with Gasteiger partial charge in [-0.05, 0) is 31.2 Å². The molecule has 0 aliphatic carbocycles. The van der Waals surface area contributed by atoms with E-state index < -0.39 is 5.54 Å². The maximum Gasteiger partial charge on any atom is 0.174 e. The van der Waals surface area contributed by atoms with Crippen molar-refractivity contribution in [3.05, 3.63) is 35.9 Å². The number of carbonyl (C=O) groups is 2. The second kappa shape index (κ2) is 4.55. The maximum atomic E-state index is 11.6. The molecular formula is C11H12ClNO2. The standard InChI is InChI=1S/C11H12ClNO2/c1-8(14)11(13-12,9(2)15)10-6-4-3-5-7-10/h3-7,13H,1-2H3. The largest absolute Gasteiger partial charge is 0.297 e. The van der Waals surface area contributed by atoms with Gasteiger partial charge < -0.3 is 0 Å². The van der Waals surface area contributed by atoms with Crippen LogP contribution in [0.4, 0.5) is 0 Å². The molecule has 0 unspecified atom stereocenters. The number of benzene rings is 1. The lowest BCUT2D eigenvalue weighted by Gasteiger charge is -2.26. The van der Waals surface area contributed by atoms with Gasteiger partial charge >= 0.3 is 0 Å². The van der Waals surface area contributed by atoms with Crippen molar-refractivity contribution in [2.45, 2.75) is 19.4 Å². The molecule has 0 spiro atoms. The third-order valence-corrected chi connectivity index (χ3v) is 2.69. The Morgan fingerprint density at radius 3 is 1.93 bits per heavy atom. The Hall–Kier alpha value is -1.19. The third kappa shape index (κ3) is 1.94. The minimum absolute atomic E-state index is 0.323. The predicted molar refractivity (Wildman–Crippen MR) is 58.5 cm³/mol. The average Bonchev–Trinajstić information content (AvgIpc) is 2.20. The molecule has 1 N–H and O–H groups in total. The summed E-state index contributed by atoms with van der Waals surface area (Å²) in [6.45, 7) is 2.67. The minimum Gasteiger partial charge on any atom is -0.297 e. The fourth-order valence-electron chi connectivity index (χ4n) is 1.53. The van der Waals surface area contributed by atoms with Gasteiger partial charge in [0.25, 0.3) is 0 Å². The zero-order valence-corrected chi connectivity index (χ0v) is 9.34. The molecule has 0 aliphatic heterocycles. The van der Waals surface area contributed by atoms with Gasteiger partial charge in [0, 0.05) is 0 Å². The summed E-state index contributed by atoms with van der Waals surface area (Å²) in [5.74, 6) is -0.646. The molecule has 0 aliphatic rings. The SMILES string of the molecule is CC(=O)C(NCl)(C(C)=O)c1ccccc1. The van der Waals surface area contributed by atoms with Crippen LogP contribution in [0, 0.1) is 0 Å². The fraction of sp³-hybridized carbons (Fsp3) is 0.273. The van der Waals surface area contributed by atoms with Gasteiger partial charge in [-0.1, -0.05) is 30.3 Å². The van der Waals surface area contributed by atoms with Gasteiger partial charge in [0.05, 0.1) is 0 Å². The Morgan fingerprint density at radius 2 is 1.60 bits per heavy atom. The van der Waals surface area contributed by atoms with Gasteiger partial charge in [-0.25, -0.2) is 4.84 Å². The summed E-state index contributed by atoms with van der Waals surface area (Å²) in [6.07, 6.45) is 0. The number of halogens is 1. The summed E-state index contributed by atoms with van der Waals surface area (Å²) in [5, 5.41) is 0. The normalized spacial score (nSPS) is 11.1. The number of ketones is 2. The molecule has 0 fully saturated rings. The van der Waals surface area contributed by atoms with Crippen LogP contribution in [0.15, 0.2) is 30.3 Å². The average molecular weight is 226 g/mol. The highest BCUT2D eigenvalue weighted by Gasteiger charge is 2.41. The second-order valence-electron chi connectivity index (χ2n) is 3.32. The van der Waals surface area contributed by atoms with Crippen molar-refractivity contribution in [3.8, 4) is 0 Å². The van der Waals surface area contributed by atoms with E-state index in [0.717, 1.165) is 0 Å². The van der Waals surface area contributed by atoms with Gasteiger partial charge in [-0.2, -0.15) is 0 Å². The van der Waals surface area contributed by atoms with E-state index in [1.807, 2.05) is 6.07 Å². The summed E-state index contributed by atoms with van der Waals surface area (Å²) in [6, 6.07) is 8.70. The first-order valence-electron chi connectivity index (χ1n) is 4.51. The van der Waals surface area contributed by atoms with E-state index >= 15 is 0 Å². The van der Waals surface area contributed by atoms with Crippen LogP contribution in [0.3, 0.4) is 0 Å². The first kappa shape index (κ1) is 11.9. The van der Waals surface area contributed by atoms with Crippen molar-refractivity contribution in [1.29, 1.82) is 0 Å². The molecule has 0 radical (unpaired) electrons. The van der Waals surface area contributed by atoms with Gasteiger partial charge in [0.2, 0.25) is 0 Å². The van der Waals surface area contributed by atoms with Crippen LogP contribution in [0.1, 0.15) is 19.4 Å². The second-order valence-corrected chi connectivity index (χ2v) is 3.51. The van der Waals surface area contributed by atoms with Crippen molar-refractivity contribution in [2.75, 3.05) is 0 Å². The highest BCUT2D eigenvalue weighted by atomic mass is 35.5. The van der Waals surface area contributed by atoms with E-state index in [0.29, 0.717) is 5.56 Å². The molecule has 15 heavy (non-hydrogen) atoms. The smallest absolute Gasteiger partial charge is 0.174 e. The van der Waals surface area contributed by atoms with E-state index in [1.165, 1.54) is 13.8 Å². The Kier molecular flexibility index (Phi) is 3.61. The van der Waals surface area contributed by atoms with E-state index in [2.05, 4.69) is 4.84 Å². The van der Waals surface area contributed by atoms with Crippen LogP contribution < -0.4 is 4.84 Å². The lowest BCUT2D eigenvalue weighted by atomic mass is 9.84. The molecule has 0 aromatic heterocycles. The molecule has 3 nitrogen and oxygen atoms in total. The number of rotatable bonds is 4. The van der Waals surface area contributed by atoms with Crippen molar-refractivity contribution < 1.29 is 9.59 Å². The summed E-state index contributed by atoms with van der Waals surface area (Å²) >= 11 is 5.56. The maximum absolute atomic E-state index is 11.6. The van der Waals surface area contributed by atoms with Crippen LogP contribution in [0.2, 0.25) is 0 Å². The van der Waals surface area contributed by atoms with Crippen LogP contribution in [0.5, 0.6) is 0 Å². The van der Waals surface area contributed by atoms with E-state index in [-0.39, 0.29) is 11.6 Å². The van der Waals surface area contributed by atoms with E-state index in [9.17, 15) is 9.59 Å². The Balaban J connectivity index is 3.35. The summed E-state index contributed by atoms with van der Waals surface area (Å²) in [7, 11) is 0. The van der Waals surface area contributed by atoms with Crippen LogP contribution in [0.25, 0.3) is 0 Å².